The first-order chi connectivity index (χ1) is 9.49. The first-order valence-electron chi connectivity index (χ1n) is 7.44. The first kappa shape index (κ1) is 15.0. The summed E-state index contributed by atoms with van der Waals surface area (Å²) in [5.41, 5.74) is 2.19. The number of likely N-dealkylation sites (tertiary alicyclic amines) is 1. The summed E-state index contributed by atoms with van der Waals surface area (Å²) in [6.07, 6.45) is 4.21. The van der Waals surface area contributed by atoms with Gasteiger partial charge in [0, 0.05) is 25.2 Å². The Hall–Kier alpha value is -1.36. The fourth-order valence-corrected chi connectivity index (χ4v) is 2.81. The molecule has 1 aliphatic heterocycles. The third kappa shape index (κ3) is 3.39. The molecule has 1 aromatic rings. The van der Waals surface area contributed by atoms with E-state index in [4.69, 9.17) is 0 Å². The van der Waals surface area contributed by atoms with Crippen LogP contribution >= 0.6 is 0 Å². The van der Waals surface area contributed by atoms with E-state index in [0.717, 1.165) is 30.2 Å². The summed E-state index contributed by atoms with van der Waals surface area (Å²) in [7, 11) is 4.11. The van der Waals surface area contributed by atoms with Gasteiger partial charge in [0.15, 0.2) is 0 Å². The molecule has 0 unspecified atom stereocenters. The maximum absolute atomic E-state index is 12.1. The normalized spacial score (nSPS) is 20.1. The van der Waals surface area contributed by atoms with Gasteiger partial charge in [-0.3, -0.25) is 4.79 Å². The molecule has 0 aromatic carbocycles. The van der Waals surface area contributed by atoms with E-state index >= 15 is 0 Å². The highest BCUT2D eigenvalue weighted by Gasteiger charge is 2.21. The van der Waals surface area contributed by atoms with Crippen molar-refractivity contribution >= 4 is 5.91 Å². The fourth-order valence-electron chi connectivity index (χ4n) is 2.81. The summed E-state index contributed by atoms with van der Waals surface area (Å²) in [6, 6.07) is 0.397. The topological polar surface area (TPSA) is 50.2 Å². The Morgan fingerprint density at radius 1 is 1.35 bits per heavy atom. The molecule has 0 saturated carbocycles. The summed E-state index contributed by atoms with van der Waals surface area (Å²) >= 11 is 0. The smallest absolute Gasteiger partial charge is 0.221 e. The van der Waals surface area contributed by atoms with Crippen LogP contribution in [0.1, 0.15) is 42.9 Å². The Balaban J connectivity index is 1.84. The molecule has 1 saturated heterocycles. The molecule has 0 radical (unpaired) electrons. The summed E-state index contributed by atoms with van der Waals surface area (Å²) in [6.45, 7) is 5.67. The Bertz CT molecular complexity index is 480. The molecule has 0 aliphatic carbocycles. The van der Waals surface area contributed by atoms with Gasteiger partial charge in [0.25, 0.3) is 0 Å². The number of hydrogen-bond donors (Lipinski definition) is 1. The molecule has 1 aliphatic rings. The van der Waals surface area contributed by atoms with Crippen molar-refractivity contribution in [2.24, 2.45) is 7.05 Å². The van der Waals surface area contributed by atoms with Crippen LogP contribution in [0, 0.1) is 13.8 Å². The zero-order chi connectivity index (χ0) is 14.7. The summed E-state index contributed by atoms with van der Waals surface area (Å²) in [4.78, 5) is 18.8. The van der Waals surface area contributed by atoms with Crippen LogP contribution in [0.3, 0.4) is 0 Å². The molecule has 1 N–H and O–H groups in total. The molecule has 1 aromatic heterocycles. The Labute approximate surface area is 121 Å². The quantitative estimate of drug-likeness (QED) is 0.908. The zero-order valence-electron chi connectivity index (χ0n) is 13.1. The number of carbonyl (C=O) groups is 1. The van der Waals surface area contributed by atoms with Crippen LogP contribution in [-0.4, -0.2) is 40.0 Å². The molecule has 5 heteroatoms. The van der Waals surface area contributed by atoms with Crippen LogP contribution in [0.15, 0.2) is 0 Å². The molecule has 1 amide bonds. The highest BCUT2D eigenvalue weighted by atomic mass is 16.1. The van der Waals surface area contributed by atoms with Gasteiger partial charge in [-0.1, -0.05) is 6.42 Å². The van der Waals surface area contributed by atoms with E-state index in [0.29, 0.717) is 19.0 Å². The predicted octanol–water partition coefficient (Wildman–Crippen LogP) is 1.53. The van der Waals surface area contributed by atoms with Gasteiger partial charge in [0.1, 0.15) is 5.82 Å². The van der Waals surface area contributed by atoms with E-state index in [1.807, 2.05) is 25.5 Å². The van der Waals surface area contributed by atoms with E-state index in [-0.39, 0.29) is 5.91 Å². The molecule has 0 spiro atoms. The highest BCUT2D eigenvalue weighted by molar-refractivity contribution is 5.76. The van der Waals surface area contributed by atoms with Crippen molar-refractivity contribution in [3.63, 3.8) is 0 Å². The molecule has 5 nitrogen and oxygen atoms in total. The molecule has 2 rings (SSSR count). The summed E-state index contributed by atoms with van der Waals surface area (Å²) < 4.78 is 2.04. The molecule has 20 heavy (non-hydrogen) atoms. The van der Waals surface area contributed by atoms with Gasteiger partial charge in [0.2, 0.25) is 5.91 Å². The van der Waals surface area contributed by atoms with Crippen LogP contribution in [0.25, 0.3) is 0 Å². The number of nitrogens with one attached hydrogen (secondary N) is 1. The van der Waals surface area contributed by atoms with Crippen molar-refractivity contribution in [1.29, 1.82) is 0 Å². The van der Waals surface area contributed by atoms with Crippen molar-refractivity contribution in [3.8, 4) is 0 Å². The monoisotopic (exact) mass is 278 g/mol. The van der Waals surface area contributed by atoms with Crippen molar-refractivity contribution in [2.45, 2.75) is 52.1 Å². The lowest BCUT2D eigenvalue weighted by molar-refractivity contribution is -0.122. The van der Waals surface area contributed by atoms with Crippen molar-refractivity contribution in [2.75, 3.05) is 13.6 Å². The zero-order valence-corrected chi connectivity index (χ0v) is 13.1. The molecule has 0 bridgehead atoms. The SMILES string of the molecule is Cc1nc(CNC(=O)C[C@@H]2CCCCN2C)n(C)c1C. The van der Waals surface area contributed by atoms with Crippen LogP contribution in [0.4, 0.5) is 0 Å². The highest BCUT2D eigenvalue weighted by Crippen LogP contribution is 2.17. The van der Waals surface area contributed by atoms with E-state index in [2.05, 4.69) is 22.2 Å². The first-order valence-corrected chi connectivity index (χ1v) is 7.44. The van der Waals surface area contributed by atoms with Crippen molar-refractivity contribution < 1.29 is 4.79 Å². The largest absolute Gasteiger partial charge is 0.349 e. The number of aryl methyl sites for hydroxylation is 1. The number of rotatable bonds is 4. The lowest BCUT2D eigenvalue weighted by atomic mass is 10.00. The number of hydrogen-bond acceptors (Lipinski definition) is 3. The Morgan fingerprint density at radius 3 is 2.70 bits per heavy atom. The molecule has 1 fully saturated rings. The third-order valence-electron chi connectivity index (χ3n) is 4.50. The van der Waals surface area contributed by atoms with E-state index in [1.54, 1.807) is 0 Å². The van der Waals surface area contributed by atoms with Gasteiger partial charge in [0.05, 0.1) is 12.2 Å². The van der Waals surface area contributed by atoms with Crippen molar-refractivity contribution in [3.05, 3.63) is 17.2 Å². The second-order valence-corrected chi connectivity index (χ2v) is 5.87. The lowest BCUT2D eigenvalue weighted by Crippen LogP contribution is -2.40. The number of piperidine rings is 1. The maximum atomic E-state index is 12.1. The van der Waals surface area contributed by atoms with Gasteiger partial charge < -0.3 is 14.8 Å². The minimum atomic E-state index is 0.127. The van der Waals surface area contributed by atoms with Gasteiger partial charge in [-0.2, -0.15) is 0 Å². The molecular weight excluding hydrogens is 252 g/mol. The fraction of sp³-hybridized carbons (Fsp3) is 0.733. The summed E-state index contributed by atoms with van der Waals surface area (Å²) in [5.74, 6) is 1.05. The number of carbonyl (C=O) groups excluding carboxylic acids is 1. The van der Waals surface area contributed by atoms with Gasteiger partial charge in [-0.25, -0.2) is 4.98 Å². The number of amides is 1. The number of imidazole rings is 1. The van der Waals surface area contributed by atoms with Crippen LogP contribution in [-0.2, 0) is 18.4 Å². The van der Waals surface area contributed by atoms with Gasteiger partial charge in [-0.15, -0.1) is 0 Å². The minimum Gasteiger partial charge on any atom is -0.349 e. The second-order valence-electron chi connectivity index (χ2n) is 5.87. The average molecular weight is 278 g/mol. The standard InChI is InChI=1S/C15H26N4O/c1-11-12(2)19(4)14(17-11)10-16-15(20)9-13-7-5-6-8-18(13)3/h13H,5-10H2,1-4H3,(H,16,20)/t13-/m0/s1. The Kier molecular flexibility index (Phi) is 4.81. The molecular formula is C15H26N4O. The van der Waals surface area contributed by atoms with Gasteiger partial charge >= 0.3 is 0 Å². The van der Waals surface area contributed by atoms with E-state index in [9.17, 15) is 4.79 Å². The maximum Gasteiger partial charge on any atom is 0.221 e. The van der Waals surface area contributed by atoms with Crippen LogP contribution in [0.2, 0.25) is 0 Å². The van der Waals surface area contributed by atoms with Crippen LogP contribution < -0.4 is 5.32 Å². The number of nitrogens with zero attached hydrogens (tertiary/aromatic N) is 3. The lowest BCUT2D eigenvalue weighted by Gasteiger charge is -2.31. The molecule has 2 heterocycles. The Morgan fingerprint density at radius 2 is 2.10 bits per heavy atom. The van der Waals surface area contributed by atoms with E-state index in [1.165, 1.54) is 12.8 Å². The minimum absolute atomic E-state index is 0.127. The molecule has 112 valence electrons. The van der Waals surface area contributed by atoms with Crippen LogP contribution in [0.5, 0.6) is 0 Å². The second kappa shape index (κ2) is 6.39. The van der Waals surface area contributed by atoms with Gasteiger partial charge in [-0.05, 0) is 40.3 Å². The average Bonchev–Trinajstić information content (AvgIpc) is 2.66. The third-order valence-corrected chi connectivity index (χ3v) is 4.50. The summed E-state index contributed by atoms with van der Waals surface area (Å²) in [5, 5.41) is 3.00. The van der Waals surface area contributed by atoms with Crippen molar-refractivity contribution in [1.82, 2.24) is 19.8 Å². The molecule has 1 atom stereocenters. The van der Waals surface area contributed by atoms with E-state index < -0.39 is 0 Å². The number of aromatic nitrogens is 2. The predicted molar refractivity (Wildman–Crippen MR) is 79.4 cm³/mol.